The van der Waals surface area contributed by atoms with Crippen molar-refractivity contribution in [1.29, 1.82) is 5.41 Å². The van der Waals surface area contributed by atoms with Crippen LogP contribution in [0.3, 0.4) is 0 Å². The van der Waals surface area contributed by atoms with E-state index in [1.54, 1.807) is 12.1 Å². The first kappa shape index (κ1) is 13.3. The summed E-state index contributed by atoms with van der Waals surface area (Å²) < 4.78 is 18.7. The summed E-state index contributed by atoms with van der Waals surface area (Å²) in [6, 6.07) is 4.77. The normalized spacial score (nSPS) is 20.9. The molecule has 1 aliphatic heterocycles. The Morgan fingerprint density at radius 1 is 1.61 bits per heavy atom. The topological polar surface area (TPSA) is 62.3 Å². The van der Waals surface area contributed by atoms with Gasteiger partial charge in [-0.2, -0.15) is 0 Å². The van der Waals surface area contributed by atoms with Gasteiger partial charge in [0.2, 0.25) is 0 Å². The molecule has 0 saturated carbocycles. The number of amidine groups is 1. The molecule has 1 aromatic rings. The molecule has 1 atom stereocenters. The molecule has 1 saturated heterocycles. The van der Waals surface area contributed by atoms with Gasteiger partial charge in [-0.15, -0.1) is 0 Å². The van der Waals surface area contributed by atoms with Gasteiger partial charge in [0.1, 0.15) is 17.8 Å². The van der Waals surface area contributed by atoms with E-state index >= 15 is 0 Å². The molecule has 1 aromatic carbocycles. The molecular weight excluding hydrogens is 257 g/mol. The van der Waals surface area contributed by atoms with Crippen LogP contribution in [0.2, 0.25) is 5.02 Å². The molecule has 1 unspecified atom stereocenters. The molecule has 4 nitrogen and oxygen atoms in total. The van der Waals surface area contributed by atoms with Gasteiger partial charge in [0.25, 0.3) is 0 Å². The third-order valence-electron chi connectivity index (χ3n) is 2.92. The van der Waals surface area contributed by atoms with Crippen molar-refractivity contribution in [2.75, 3.05) is 19.7 Å². The van der Waals surface area contributed by atoms with Crippen LogP contribution in [-0.4, -0.2) is 36.5 Å². The largest absolute Gasteiger partial charge is 0.385 e. The summed E-state index contributed by atoms with van der Waals surface area (Å²) in [7, 11) is 0. The Kier molecular flexibility index (Phi) is 4.16. The van der Waals surface area contributed by atoms with E-state index in [1.807, 2.05) is 0 Å². The average Bonchev–Trinajstić information content (AvgIpc) is 2.35. The van der Waals surface area contributed by atoms with Crippen molar-refractivity contribution in [2.45, 2.75) is 12.6 Å². The van der Waals surface area contributed by atoms with Crippen LogP contribution in [0.1, 0.15) is 5.56 Å². The van der Waals surface area contributed by atoms with Gasteiger partial charge >= 0.3 is 0 Å². The van der Waals surface area contributed by atoms with Crippen molar-refractivity contribution < 1.29 is 9.13 Å². The fourth-order valence-corrected chi connectivity index (χ4v) is 2.13. The maximum atomic E-state index is 13.3. The Morgan fingerprint density at radius 2 is 2.39 bits per heavy atom. The summed E-state index contributed by atoms with van der Waals surface area (Å²) in [5.74, 6) is -0.393. The van der Waals surface area contributed by atoms with Gasteiger partial charge in [-0.05, 0) is 11.6 Å². The minimum absolute atomic E-state index is 0.0186. The van der Waals surface area contributed by atoms with Gasteiger partial charge in [0.05, 0.1) is 11.6 Å². The van der Waals surface area contributed by atoms with Crippen LogP contribution >= 0.6 is 11.6 Å². The Morgan fingerprint density at radius 3 is 3.11 bits per heavy atom. The average molecular weight is 272 g/mol. The van der Waals surface area contributed by atoms with Crippen LogP contribution < -0.4 is 5.73 Å². The summed E-state index contributed by atoms with van der Waals surface area (Å²) in [4.78, 5) is 2.05. The third-order valence-corrected chi connectivity index (χ3v) is 3.35. The highest BCUT2D eigenvalue weighted by molar-refractivity contribution is 6.31. The van der Waals surface area contributed by atoms with Crippen molar-refractivity contribution in [3.63, 3.8) is 0 Å². The van der Waals surface area contributed by atoms with E-state index in [-0.39, 0.29) is 17.0 Å². The molecule has 1 heterocycles. The van der Waals surface area contributed by atoms with E-state index in [2.05, 4.69) is 4.90 Å². The van der Waals surface area contributed by atoms with Crippen LogP contribution in [0.4, 0.5) is 4.39 Å². The summed E-state index contributed by atoms with van der Waals surface area (Å²) in [6.07, 6.45) is -0.383. The molecule has 1 fully saturated rings. The van der Waals surface area contributed by atoms with E-state index in [9.17, 15) is 4.39 Å². The maximum Gasteiger partial charge on any atom is 0.142 e. The van der Waals surface area contributed by atoms with Crippen LogP contribution in [0.25, 0.3) is 0 Å². The molecule has 3 N–H and O–H groups in total. The number of nitrogens with two attached hydrogens (primary N) is 1. The Bertz CT molecular complexity index is 455. The van der Waals surface area contributed by atoms with E-state index in [4.69, 9.17) is 27.5 Å². The Labute approximate surface area is 110 Å². The lowest BCUT2D eigenvalue weighted by Gasteiger charge is -2.32. The first-order chi connectivity index (χ1) is 8.58. The molecule has 0 amide bonds. The number of rotatable bonds is 3. The van der Waals surface area contributed by atoms with Gasteiger partial charge in [0.15, 0.2) is 0 Å². The van der Waals surface area contributed by atoms with E-state index < -0.39 is 5.82 Å². The molecule has 98 valence electrons. The summed E-state index contributed by atoms with van der Waals surface area (Å²) in [5, 5.41) is 7.53. The monoisotopic (exact) mass is 271 g/mol. The SMILES string of the molecule is N=C(N)C1CN(Cc2cccc(F)c2Cl)CCO1. The lowest BCUT2D eigenvalue weighted by Crippen LogP contribution is -2.47. The highest BCUT2D eigenvalue weighted by Crippen LogP contribution is 2.21. The second-order valence-electron chi connectivity index (χ2n) is 4.26. The number of ether oxygens (including phenoxy) is 1. The van der Waals surface area contributed by atoms with Crippen LogP contribution in [0.15, 0.2) is 18.2 Å². The molecule has 0 spiro atoms. The summed E-state index contributed by atoms with van der Waals surface area (Å²) in [5.41, 5.74) is 6.16. The van der Waals surface area contributed by atoms with Gasteiger partial charge in [0, 0.05) is 19.6 Å². The minimum atomic E-state index is -0.412. The van der Waals surface area contributed by atoms with Gasteiger partial charge in [-0.25, -0.2) is 4.39 Å². The smallest absolute Gasteiger partial charge is 0.142 e. The lowest BCUT2D eigenvalue weighted by atomic mass is 10.1. The predicted molar refractivity (Wildman–Crippen MR) is 68.3 cm³/mol. The number of hydrogen-bond acceptors (Lipinski definition) is 3. The zero-order chi connectivity index (χ0) is 13.1. The zero-order valence-electron chi connectivity index (χ0n) is 9.83. The summed E-state index contributed by atoms with van der Waals surface area (Å²) in [6.45, 7) is 2.29. The maximum absolute atomic E-state index is 13.3. The first-order valence-electron chi connectivity index (χ1n) is 5.68. The van der Waals surface area contributed by atoms with E-state index in [0.29, 0.717) is 19.7 Å². The second kappa shape index (κ2) is 5.65. The molecule has 0 aliphatic carbocycles. The molecule has 6 heteroatoms. The van der Waals surface area contributed by atoms with Crippen molar-refractivity contribution in [3.8, 4) is 0 Å². The number of nitrogens with one attached hydrogen (secondary N) is 1. The molecule has 0 radical (unpaired) electrons. The van der Waals surface area contributed by atoms with Gasteiger partial charge in [-0.3, -0.25) is 10.3 Å². The van der Waals surface area contributed by atoms with E-state index in [1.165, 1.54) is 6.07 Å². The minimum Gasteiger partial charge on any atom is -0.385 e. The van der Waals surface area contributed by atoms with Crippen molar-refractivity contribution in [1.82, 2.24) is 4.90 Å². The van der Waals surface area contributed by atoms with Crippen molar-refractivity contribution in [2.24, 2.45) is 5.73 Å². The molecule has 0 aromatic heterocycles. The molecule has 0 bridgehead atoms. The second-order valence-corrected chi connectivity index (χ2v) is 4.64. The fraction of sp³-hybridized carbons (Fsp3) is 0.417. The molecule has 18 heavy (non-hydrogen) atoms. The van der Waals surface area contributed by atoms with Crippen LogP contribution in [0.5, 0.6) is 0 Å². The predicted octanol–water partition coefficient (Wildman–Crippen LogP) is 1.62. The zero-order valence-corrected chi connectivity index (χ0v) is 10.6. The lowest BCUT2D eigenvalue weighted by molar-refractivity contribution is 0.00235. The van der Waals surface area contributed by atoms with Gasteiger partial charge in [-0.1, -0.05) is 23.7 Å². The third kappa shape index (κ3) is 2.98. The molecule has 1 aliphatic rings. The number of hydrogen-bond donors (Lipinski definition) is 2. The Hall–Kier alpha value is -1.17. The van der Waals surface area contributed by atoms with Crippen LogP contribution in [0, 0.1) is 11.2 Å². The van der Waals surface area contributed by atoms with Gasteiger partial charge < -0.3 is 10.5 Å². The highest BCUT2D eigenvalue weighted by atomic mass is 35.5. The first-order valence-corrected chi connectivity index (χ1v) is 6.06. The number of morpholine rings is 1. The van der Waals surface area contributed by atoms with Crippen molar-refractivity contribution in [3.05, 3.63) is 34.6 Å². The van der Waals surface area contributed by atoms with E-state index in [0.717, 1.165) is 12.1 Å². The quantitative estimate of drug-likeness (QED) is 0.649. The molecule has 2 rings (SSSR count). The number of nitrogens with zero attached hydrogens (tertiary/aromatic N) is 1. The fourth-order valence-electron chi connectivity index (χ4n) is 1.95. The van der Waals surface area contributed by atoms with Crippen LogP contribution in [-0.2, 0) is 11.3 Å². The highest BCUT2D eigenvalue weighted by Gasteiger charge is 2.23. The summed E-state index contributed by atoms with van der Waals surface area (Å²) >= 11 is 5.91. The van der Waals surface area contributed by atoms with Crippen molar-refractivity contribution >= 4 is 17.4 Å². The number of benzene rings is 1. The molecular formula is C12H15ClFN3O. The Balaban J connectivity index is 2.05. The standard InChI is InChI=1S/C12H15ClFN3O/c13-11-8(2-1-3-9(11)14)6-17-4-5-18-10(7-17)12(15)16/h1-3,10H,4-7H2,(H3,15,16). The number of halogens is 2.